The number of hydrogen-bond acceptors (Lipinski definition) is 6. The normalized spacial score (nSPS) is 15.2. The first-order valence-corrected chi connectivity index (χ1v) is 11.2. The number of benzene rings is 2. The van der Waals surface area contributed by atoms with Crippen LogP contribution in [-0.2, 0) is 6.54 Å². The van der Waals surface area contributed by atoms with Crippen LogP contribution in [-0.4, -0.2) is 49.5 Å². The van der Waals surface area contributed by atoms with Gasteiger partial charge in [-0.25, -0.2) is 0 Å². The van der Waals surface area contributed by atoms with E-state index in [0.717, 1.165) is 54.9 Å². The lowest BCUT2D eigenvalue weighted by Gasteiger charge is -2.30. The van der Waals surface area contributed by atoms with E-state index < -0.39 is 5.60 Å². The molecule has 1 aliphatic heterocycles. The van der Waals surface area contributed by atoms with Gasteiger partial charge in [-0.3, -0.25) is 4.90 Å². The first-order chi connectivity index (χ1) is 15.3. The summed E-state index contributed by atoms with van der Waals surface area (Å²) in [6, 6.07) is 14.4. The summed E-state index contributed by atoms with van der Waals surface area (Å²) in [5.74, 6) is 2.37. The minimum absolute atomic E-state index is 0.154. The molecule has 0 unspecified atom stereocenters. The minimum Gasteiger partial charge on any atom is -0.493 e. The Balaban J connectivity index is 1.89. The van der Waals surface area contributed by atoms with Crippen molar-refractivity contribution < 1.29 is 19.3 Å². The predicted octanol–water partition coefficient (Wildman–Crippen LogP) is 4.65. The SMILES string of the molecule is COc1cccc(-c2ccc(OCCC(C)(C)O)c(CN3CCC(C#N)CC3)c2)c1OC. The fourth-order valence-electron chi connectivity index (χ4n) is 4.00. The molecule has 0 bridgehead atoms. The average Bonchev–Trinajstić information content (AvgIpc) is 2.79. The van der Waals surface area contributed by atoms with Crippen LogP contribution in [0.1, 0.15) is 38.7 Å². The molecule has 0 aromatic heterocycles. The minimum atomic E-state index is -0.771. The second kappa shape index (κ2) is 10.7. The van der Waals surface area contributed by atoms with Gasteiger partial charge in [0.25, 0.3) is 0 Å². The first-order valence-electron chi connectivity index (χ1n) is 11.2. The second-order valence-corrected chi connectivity index (χ2v) is 8.95. The van der Waals surface area contributed by atoms with Gasteiger partial charge in [0.1, 0.15) is 5.75 Å². The van der Waals surface area contributed by atoms with Gasteiger partial charge in [-0.15, -0.1) is 0 Å². The molecule has 0 spiro atoms. The Morgan fingerprint density at radius 2 is 1.84 bits per heavy atom. The van der Waals surface area contributed by atoms with Crippen molar-refractivity contribution in [1.82, 2.24) is 4.90 Å². The lowest BCUT2D eigenvalue weighted by atomic mass is 9.97. The number of hydrogen-bond donors (Lipinski definition) is 1. The number of likely N-dealkylation sites (tertiary alicyclic amines) is 1. The smallest absolute Gasteiger partial charge is 0.168 e. The molecule has 32 heavy (non-hydrogen) atoms. The summed E-state index contributed by atoms with van der Waals surface area (Å²) >= 11 is 0. The van der Waals surface area contributed by atoms with Crippen molar-refractivity contribution in [2.24, 2.45) is 5.92 Å². The topological polar surface area (TPSA) is 75.0 Å². The maximum Gasteiger partial charge on any atom is 0.168 e. The van der Waals surface area contributed by atoms with Crippen LogP contribution in [0.3, 0.4) is 0 Å². The maximum atomic E-state index is 10.0. The zero-order valence-electron chi connectivity index (χ0n) is 19.6. The summed E-state index contributed by atoms with van der Waals surface area (Å²) < 4.78 is 17.2. The second-order valence-electron chi connectivity index (χ2n) is 8.95. The molecule has 1 heterocycles. The highest BCUT2D eigenvalue weighted by atomic mass is 16.5. The predicted molar refractivity (Wildman–Crippen MR) is 125 cm³/mol. The van der Waals surface area contributed by atoms with Crippen LogP contribution >= 0.6 is 0 Å². The van der Waals surface area contributed by atoms with Crippen LogP contribution in [0.25, 0.3) is 11.1 Å². The molecule has 1 N–H and O–H groups in total. The van der Waals surface area contributed by atoms with Crippen LogP contribution in [0.2, 0.25) is 0 Å². The molecule has 2 aromatic rings. The first kappa shape index (κ1) is 23.9. The average molecular weight is 439 g/mol. The Bertz CT molecular complexity index is 938. The van der Waals surface area contributed by atoms with E-state index in [1.807, 2.05) is 30.3 Å². The number of methoxy groups -OCH3 is 2. The molecule has 3 rings (SSSR count). The Hall–Kier alpha value is -2.75. The van der Waals surface area contributed by atoms with Gasteiger partial charge in [-0.05, 0) is 63.5 Å². The third-order valence-electron chi connectivity index (χ3n) is 5.91. The molecule has 0 aliphatic carbocycles. The van der Waals surface area contributed by atoms with Crippen molar-refractivity contribution in [3.63, 3.8) is 0 Å². The van der Waals surface area contributed by atoms with Crippen molar-refractivity contribution in [2.45, 2.75) is 45.3 Å². The summed E-state index contributed by atoms with van der Waals surface area (Å²) in [7, 11) is 3.28. The van der Waals surface area contributed by atoms with Gasteiger partial charge in [0.15, 0.2) is 11.5 Å². The Kier molecular flexibility index (Phi) is 8.00. The van der Waals surface area contributed by atoms with Gasteiger partial charge in [-0.2, -0.15) is 5.26 Å². The van der Waals surface area contributed by atoms with E-state index in [0.29, 0.717) is 24.5 Å². The number of ether oxygens (including phenoxy) is 3. The number of aliphatic hydroxyl groups is 1. The van der Waals surface area contributed by atoms with Crippen molar-refractivity contribution in [3.8, 4) is 34.4 Å². The molecular weight excluding hydrogens is 404 g/mol. The van der Waals surface area contributed by atoms with Crippen LogP contribution < -0.4 is 14.2 Å². The van der Waals surface area contributed by atoms with Crippen molar-refractivity contribution in [3.05, 3.63) is 42.0 Å². The Morgan fingerprint density at radius 3 is 2.47 bits per heavy atom. The fourth-order valence-corrected chi connectivity index (χ4v) is 4.00. The number of nitrogens with zero attached hydrogens (tertiary/aromatic N) is 2. The Morgan fingerprint density at radius 1 is 1.09 bits per heavy atom. The molecule has 0 amide bonds. The molecule has 0 radical (unpaired) electrons. The molecule has 0 saturated carbocycles. The van der Waals surface area contributed by atoms with E-state index in [4.69, 9.17) is 14.2 Å². The van der Waals surface area contributed by atoms with E-state index >= 15 is 0 Å². The van der Waals surface area contributed by atoms with E-state index in [9.17, 15) is 10.4 Å². The van der Waals surface area contributed by atoms with Gasteiger partial charge < -0.3 is 19.3 Å². The summed E-state index contributed by atoms with van der Waals surface area (Å²) in [6.07, 6.45) is 2.34. The Labute approximate surface area is 191 Å². The molecule has 172 valence electrons. The van der Waals surface area contributed by atoms with Crippen molar-refractivity contribution >= 4 is 0 Å². The van der Waals surface area contributed by atoms with Gasteiger partial charge in [-0.1, -0.05) is 18.2 Å². The van der Waals surface area contributed by atoms with E-state index in [1.165, 1.54) is 0 Å². The number of piperidine rings is 1. The standard InChI is InChI=1S/C26H34N2O4/c1-26(2,29)12-15-32-23-9-8-20(22-6-5-7-24(30-3)25(22)31-4)16-21(23)18-28-13-10-19(17-27)11-14-28/h5-9,16,19,29H,10-15,18H2,1-4H3. The van der Waals surface area contributed by atoms with Crippen molar-refractivity contribution in [2.75, 3.05) is 33.9 Å². The lowest BCUT2D eigenvalue weighted by molar-refractivity contribution is 0.0550. The molecule has 1 saturated heterocycles. The third kappa shape index (κ3) is 6.15. The van der Waals surface area contributed by atoms with Gasteiger partial charge >= 0.3 is 0 Å². The number of rotatable bonds is 9. The zero-order valence-corrected chi connectivity index (χ0v) is 19.6. The lowest BCUT2D eigenvalue weighted by Crippen LogP contribution is -2.33. The summed E-state index contributed by atoms with van der Waals surface area (Å²) in [5.41, 5.74) is 2.29. The highest BCUT2D eigenvalue weighted by molar-refractivity contribution is 5.75. The molecule has 0 atom stereocenters. The number of nitriles is 1. The van der Waals surface area contributed by atoms with Gasteiger partial charge in [0.2, 0.25) is 0 Å². The monoisotopic (exact) mass is 438 g/mol. The largest absolute Gasteiger partial charge is 0.493 e. The molecule has 1 fully saturated rings. The summed E-state index contributed by atoms with van der Waals surface area (Å²) in [5, 5.41) is 19.2. The fraction of sp³-hybridized carbons (Fsp3) is 0.500. The molecule has 6 heteroatoms. The maximum absolute atomic E-state index is 10.0. The van der Waals surface area contributed by atoms with Crippen LogP contribution in [0, 0.1) is 17.2 Å². The molecule has 1 aliphatic rings. The quantitative estimate of drug-likeness (QED) is 0.614. The van der Waals surface area contributed by atoms with Crippen LogP contribution in [0.5, 0.6) is 17.2 Å². The van der Waals surface area contributed by atoms with Crippen LogP contribution in [0.15, 0.2) is 36.4 Å². The summed E-state index contributed by atoms with van der Waals surface area (Å²) in [4.78, 5) is 2.37. The van der Waals surface area contributed by atoms with E-state index in [-0.39, 0.29) is 5.92 Å². The third-order valence-corrected chi connectivity index (χ3v) is 5.91. The molecule has 6 nitrogen and oxygen atoms in total. The van der Waals surface area contributed by atoms with Gasteiger partial charge in [0, 0.05) is 30.0 Å². The van der Waals surface area contributed by atoms with Crippen molar-refractivity contribution in [1.29, 1.82) is 5.26 Å². The zero-order chi connectivity index (χ0) is 23.1. The highest BCUT2D eigenvalue weighted by Crippen LogP contribution is 2.39. The van der Waals surface area contributed by atoms with Gasteiger partial charge in [0.05, 0.1) is 32.5 Å². The summed E-state index contributed by atoms with van der Waals surface area (Å²) in [6.45, 7) is 6.55. The van der Waals surface area contributed by atoms with Crippen LogP contribution in [0.4, 0.5) is 0 Å². The molecule has 2 aromatic carbocycles. The van der Waals surface area contributed by atoms with E-state index in [1.54, 1.807) is 28.1 Å². The molecular formula is C26H34N2O4. The highest BCUT2D eigenvalue weighted by Gasteiger charge is 2.21. The number of para-hydroxylation sites is 1. The van der Waals surface area contributed by atoms with E-state index in [2.05, 4.69) is 17.0 Å².